The van der Waals surface area contributed by atoms with Crippen LogP contribution in [0.4, 0.5) is 10.1 Å². The summed E-state index contributed by atoms with van der Waals surface area (Å²) >= 11 is 8.17. The molecule has 0 spiro atoms. The molecule has 0 aliphatic carbocycles. The molecule has 1 aromatic heterocycles. The van der Waals surface area contributed by atoms with Crippen molar-refractivity contribution in [2.24, 2.45) is 4.99 Å². The van der Waals surface area contributed by atoms with Crippen molar-refractivity contribution in [1.82, 2.24) is 9.36 Å². The van der Waals surface area contributed by atoms with Crippen molar-refractivity contribution in [2.45, 2.75) is 30.8 Å². The van der Waals surface area contributed by atoms with Gasteiger partial charge in [-0.25, -0.2) is 14.1 Å². The van der Waals surface area contributed by atoms with E-state index in [9.17, 15) is 14.0 Å². The predicted octanol–water partition coefficient (Wildman–Crippen LogP) is 2.15. The summed E-state index contributed by atoms with van der Waals surface area (Å²) in [5.41, 5.74) is 0.0829. The van der Waals surface area contributed by atoms with Crippen LogP contribution in [-0.2, 0) is 22.6 Å². The molecular formula is C15H16ClFN3NaO3S2. The van der Waals surface area contributed by atoms with Gasteiger partial charge in [0.05, 0.1) is 17.9 Å². The first-order chi connectivity index (χ1) is 12.0. The Morgan fingerprint density at radius 3 is 2.77 bits per heavy atom. The number of aromatic nitrogens is 2. The third-order valence-corrected chi connectivity index (χ3v) is 6.01. The van der Waals surface area contributed by atoms with Gasteiger partial charge in [0.2, 0.25) is 4.80 Å². The number of methoxy groups -OCH3 is 1. The van der Waals surface area contributed by atoms with Gasteiger partial charge in [0.25, 0.3) is 0 Å². The van der Waals surface area contributed by atoms with Crippen LogP contribution in [-0.4, -0.2) is 57.8 Å². The third kappa shape index (κ3) is 4.82. The van der Waals surface area contributed by atoms with Crippen LogP contribution >= 0.6 is 34.7 Å². The number of thioether (sulfide) groups is 1. The van der Waals surface area contributed by atoms with Gasteiger partial charge < -0.3 is 4.74 Å². The van der Waals surface area contributed by atoms with E-state index in [1.807, 2.05) is 0 Å². The SMILES string of the molecule is COC(=O)CSc1cc(/N=c2\sc(=O)n3n2CCCC3)c(F)cc1Cl.[NaH]. The Morgan fingerprint density at radius 1 is 1.38 bits per heavy atom. The van der Waals surface area contributed by atoms with Gasteiger partial charge in [-0.3, -0.25) is 14.3 Å². The predicted molar refractivity (Wildman–Crippen MR) is 102 cm³/mol. The minimum absolute atomic E-state index is 0. The molecule has 26 heavy (non-hydrogen) atoms. The minimum atomic E-state index is -0.580. The first kappa shape index (κ1) is 21.7. The van der Waals surface area contributed by atoms with Crippen LogP contribution in [0.3, 0.4) is 0 Å². The zero-order valence-corrected chi connectivity index (χ0v) is 15.7. The molecular weight excluding hydrogens is 412 g/mol. The van der Waals surface area contributed by atoms with Crippen molar-refractivity contribution in [3.63, 3.8) is 0 Å². The van der Waals surface area contributed by atoms with Crippen LogP contribution < -0.4 is 9.67 Å². The molecule has 0 radical (unpaired) electrons. The summed E-state index contributed by atoms with van der Waals surface area (Å²) in [5, 5.41) is 0.199. The van der Waals surface area contributed by atoms with Gasteiger partial charge in [0, 0.05) is 18.0 Å². The molecule has 0 amide bonds. The van der Waals surface area contributed by atoms with Crippen molar-refractivity contribution in [1.29, 1.82) is 0 Å². The second-order valence-electron chi connectivity index (χ2n) is 5.31. The fourth-order valence-corrected chi connectivity index (χ4v) is 4.42. The molecule has 0 atom stereocenters. The van der Waals surface area contributed by atoms with E-state index in [1.165, 1.54) is 13.2 Å². The van der Waals surface area contributed by atoms with Crippen molar-refractivity contribution >= 4 is 75.9 Å². The van der Waals surface area contributed by atoms with Crippen molar-refractivity contribution in [2.75, 3.05) is 12.9 Å². The Bertz CT molecular complexity index is 941. The molecule has 0 bridgehead atoms. The molecule has 3 rings (SSSR count). The van der Waals surface area contributed by atoms with Crippen LogP contribution in [0, 0.1) is 5.82 Å². The van der Waals surface area contributed by atoms with Gasteiger partial charge in [-0.1, -0.05) is 11.6 Å². The summed E-state index contributed by atoms with van der Waals surface area (Å²) < 4.78 is 22.3. The molecule has 1 aromatic carbocycles. The molecule has 2 aromatic rings. The van der Waals surface area contributed by atoms with Crippen LogP contribution in [0.5, 0.6) is 0 Å². The summed E-state index contributed by atoms with van der Waals surface area (Å²) in [6.07, 6.45) is 1.90. The average Bonchev–Trinajstić information content (AvgIpc) is 2.92. The van der Waals surface area contributed by atoms with Gasteiger partial charge in [0.1, 0.15) is 11.5 Å². The van der Waals surface area contributed by atoms with E-state index in [2.05, 4.69) is 9.73 Å². The van der Waals surface area contributed by atoms with Crippen LogP contribution in [0.15, 0.2) is 26.8 Å². The summed E-state index contributed by atoms with van der Waals surface area (Å²) in [5.74, 6) is -0.923. The molecule has 136 valence electrons. The van der Waals surface area contributed by atoms with E-state index >= 15 is 0 Å². The molecule has 2 heterocycles. The number of halogens is 2. The summed E-state index contributed by atoms with van der Waals surface area (Å²) in [4.78, 5) is 28.5. The Hall–Kier alpha value is -0.580. The number of carbonyl (C=O) groups is 1. The standard InChI is InChI=1S/C15H15ClFN3O3S2.Na.H/c1-23-13(21)8-24-12-7-11(10(17)6-9(12)16)18-14-19-4-2-3-5-20(19)15(22)25-14;;/h6-7H,2-5,8H2,1H3;;/b18-14-;;. The first-order valence-electron chi connectivity index (χ1n) is 7.53. The third-order valence-electron chi connectivity index (χ3n) is 3.68. The van der Waals surface area contributed by atoms with Crippen LogP contribution in [0.1, 0.15) is 12.8 Å². The zero-order chi connectivity index (χ0) is 18.0. The van der Waals surface area contributed by atoms with E-state index in [4.69, 9.17) is 11.6 Å². The van der Waals surface area contributed by atoms with Crippen LogP contribution in [0.25, 0.3) is 0 Å². The Morgan fingerprint density at radius 2 is 2.08 bits per heavy atom. The van der Waals surface area contributed by atoms with Crippen molar-refractivity contribution in [3.8, 4) is 0 Å². The summed E-state index contributed by atoms with van der Waals surface area (Å²) in [7, 11) is 1.30. The molecule has 6 nitrogen and oxygen atoms in total. The number of esters is 1. The molecule has 0 saturated carbocycles. The molecule has 1 aliphatic rings. The van der Waals surface area contributed by atoms with Crippen LogP contribution in [0.2, 0.25) is 5.02 Å². The molecule has 1 aliphatic heterocycles. The van der Waals surface area contributed by atoms with E-state index in [0.29, 0.717) is 22.8 Å². The number of hydrogen-bond donors (Lipinski definition) is 0. The van der Waals surface area contributed by atoms with Gasteiger partial charge in [-0.2, -0.15) is 0 Å². The second-order valence-corrected chi connectivity index (χ2v) is 7.66. The number of carbonyl (C=O) groups excluding carboxylic acids is 1. The number of rotatable bonds is 4. The van der Waals surface area contributed by atoms with Gasteiger partial charge in [-0.05, 0) is 36.3 Å². The molecule has 11 heteroatoms. The molecule has 0 N–H and O–H groups in total. The van der Waals surface area contributed by atoms with E-state index < -0.39 is 11.8 Å². The van der Waals surface area contributed by atoms with E-state index in [-0.39, 0.29) is 50.9 Å². The van der Waals surface area contributed by atoms with E-state index in [1.54, 1.807) is 9.36 Å². The second kappa shape index (κ2) is 9.57. The number of hydrogen-bond acceptors (Lipinski definition) is 6. The van der Waals surface area contributed by atoms with Gasteiger partial charge in [-0.15, -0.1) is 11.8 Å². The first-order valence-corrected chi connectivity index (χ1v) is 9.71. The molecule has 0 fully saturated rings. The average molecular weight is 428 g/mol. The topological polar surface area (TPSA) is 65.6 Å². The fourth-order valence-electron chi connectivity index (χ4n) is 2.43. The molecule has 0 saturated heterocycles. The van der Waals surface area contributed by atoms with E-state index in [0.717, 1.165) is 42.0 Å². The maximum atomic E-state index is 14.3. The number of fused-ring (bicyclic) bond motifs is 1. The molecule has 0 unspecified atom stereocenters. The monoisotopic (exact) mass is 427 g/mol. The Balaban J connectivity index is 0.00000243. The Kier molecular flexibility index (Phi) is 7.99. The number of nitrogens with zero attached hydrogens (tertiary/aromatic N) is 3. The summed E-state index contributed by atoms with van der Waals surface area (Å²) in [6, 6.07) is 2.64. The quantitative estimate of drug-likeness (QED) is 0.426. The number of ether oxygens (including phenoxy) is 1. The normalized spacial score (nSPS) is 13.9. The fraction of sp³-hybridized carbons (Fsp3) is 0.400. The maximum absolute atomic E-state index is 14.3. The van der Waals surface area contributed by atoms with Gasteiger partial charge in [0.15, 0.2) is 0 Å². The number of benzene rings is 1. The van der Waals surface area contributed by atoms with Crippen molar-refractivity contribution < 1.29 is 13.9 Å². The van der Waals surface area contributed by atoms with Gasteiger partial charge >= 0.3 is 40.4 Å². The zero-order valence-electron chi connectivity index (χ0n) is 13.3. The Labute approximate surface area is 184 Å². The van der Waals surface area contributed by atoms with Crippen molar-refractivity contribution in [3.05, 3.63) is 37.4 Å². The summed E-state index contributed by atoms with van der Waals surface area (Å²) in [6.45, 7) is 1.32.